The van der Waals surface area contributed by atoms with Gasteiger partial charge in [0.2, 0.25) is 0 Å². The highest BCUT2D eigenvalue weighted by Crippen LogP contribution is 2.39. The number of benzene rings is 3. The van der Waals surface area contributed by atoms with Crippen LogP contribution in [0, 0.1) is 6.92 Å². The van der Waals surface area contributed by atoms with Crippen LogP contribution in [0.3, 0.4) is 0 Å². The molecule has 0 aromatic heterocycles. The van der Waals surface area contributed by atoms with E-state index in [9.17, 15) is 4.79 Å². The largest absolute Gasteiger partial charge is 0.456 e. The summed E-state index contributed by atoms with van der Waals surface area (Å²) in [4.78, 5) is 12.5. The van der Waals surface area contributed by atoms with Crippen LogP contribution in [-0.4, -0.2) is 11.6 Å². The molecule has 0 amide bonds. The van der Waals surface area contributed by atoms with Crippen molar-refractivity contribution in [3.63, 3.8) is 0 Å². The van der Waals surface area contributed by atoms with Crippen molar-refractivity contribution in [2.24, 2.45) is 0 Å². The van der Waals surface area contributed by atoms with E-state index >= 15 is 0 Å². The molecular weight excluding hydrogens is 444 g/mol. The Balaban J connectivity index is 1.89. The summed E-state index contributed by atoms with van der Waals surface area (Å²) in [5.41, 5.74) is 4.62. The van der Waals surface area contributed by atoms with E-state index in [1.807, 2.05) is 69.3 Å². The lowest BCUT2D eigenvalue weighted by atomic mass is 9.85. The minimum Gasteiger partial charge on any atom is -0.456 e. The number of halogens is 1. The first-order chi connectivity index (χ1) is 16.2. The maximum atomic E-state index is 12.5. The zero-order valence-corrected chi connectivity index (χ0v) is 21.6. The fourth-order valence-electron chi connectivity index (χ4n) is 3.97. The molecule has 2 atom stereocenters. The summed E-state index contributed by atoms with van der Waals surface area (Å²) in [6.45, 7) is 10.4. The number of rotatable bonds is 9. The zero-order chi connectivity index (χ0) is 24.7. The molecule has 0 radical (unpaired) electrons. The third kappa shape index (κ3) is 7.44. The molecule has 3 rings (SSSR count). The highest BCUT2D eigenvalue weighted by molar-refractivity contribution is 6.30. The van der Waals surface area contributed by atoms with E-state index in [1.165, 1.54) is 5.56 Å². The molecule has 3 aromatic carbocycles. The Hall–Kier alpha value is -2.62. The molecule has 0 saturated heterocycles. The number of esters is 1. The third-order valence-corrected chi connectivity index (χ3v) is 5.94. The third-order valence-electron chi connectivity index (χ3n) is 5.69. The molecule has 0 aliphatic rings. The highest BCUT2D eigenvalue weighted by atomic mass is 35.5. The molecular formula is C30H35ClO3. The van der Waals surface area contributed by atoms with Gasteiger partial charge in [-0.05, 0) is 75.1 Å². The smallest absolute Gasteiger partial charge is 0.338 e. The Bertz CT molecular complexity index is 1050. The topological polar surface area (TPSA) is 35.5 Å². The molecule has 0 bridgehead atoms. The Labute approximate surface area is 209 Å². The molecule has 3 nitrogen and oxygen atoms in total. The lowest BCUT2D eigenvalue weighted by molar-refractivity contribution is 0.00694. The molecule has 34 heavy (non-hydrogen) atoms. The van der Waals surface area contributed by atoms with Gasteiger partial charge in [-0.15, -0.1) is 0 Å². The summed E-state index contributed by atoms with van der Waals surface area (Å²) in [5.74, 6) is -0.180. The fraction of sp³-hybridized carbons (Fsp3) is 0.367. The van der Waals surface area contributed by atoms with Crippen LogP contribution in [0.25, 0.3) is 0 Å². The molecule has 0 saturated carbocycles. The van der Waals surface area contributed by atoms with Crippen molar-refractivity contribution in [3.05, 3.63) is 106 Å². The highest BCUT2D eigenvalue weighted by Gasteiger charge is 2.26. The van der Waals surface area contributed by atoms with Crippen LogP contribution in [0.1, 0.15) is 85.2 Å². The van der Waals surface area contributed by atoms with E-state index in [0.717, 1.165) is 29.5 Å². The van der Waals surface area contributed by atoms with Gasteiger partial charge >= 0.3 is 5.97 Å². The van der Waals surface area contributed by atoms with E-state index in [2.05, 4.69) is 38.1 Å². The second-order valence-corrected chi connectivity index (χ2v) is 10.2. The van der Waals surface area contributed by atoms with Gasteiger partial charge in [-0.25, -0.2) is 4.79 Å². The van der Waals surface area contributed by atoms with Gasteiger partial charge in [0.15, 0.2) is 0 Å². The van der Waals surface area contributed by atoms with E-state index < -0.39 is 5.60 Å². The fourth-order valence-corrected chi connectivity index (χ4v) is 4.10. The Morgan fingerprint density at radius 1 is 0.882 bits per heavy atom. The predicted molar refractivity (Wildman–Crippen MR) is 139 cm³/mol. The minimum absolute atomic E-state index is 0.129. The van der Waals surface area contributed by atoms with Gasteiger partial charge in [0, 0.05) is 10.9 Å². The summed E-state index contributed by atoms with van der Waals surface area (Å²) in [6, 6.07) is 24.1. The van der Waals surface area contributed by atoms with Crippen molar-refractivity contribution < 1.29 is 14.3 Å². The Kier molecular flexibility index (Phi) is 8.93. The van der Waals surface area contributed by atoms with Crippen LogP contribution in [0.4, 0.5) is 0 Å². The van der Waals surface area contributed by atoms with Crippen LogP contribution in [0.15, 0.2) is 72.8 Å². The van der Waals surface area contributed by atoms with Crippen LogP contribution in [0.5, 0.6) is 0 Å². The second-order valence-electron chi connectivity index (χ2n) is 9.79. The maximum Gasteiger partial charge on any atom is 0.338 e. The van der Waals surface area contributed by atoms with E-state index in [0.29, 0.717) is 17.2 Å². The normalized spacial score (nSPS) is 13.4. The van der Waals surface area contributed by atoms with Gasteiger partial charge in [-0.1, -0.05) is 79.0 Å². The second kappa shape index (κ2) is 11.7. The van der Waals surface area contributed by atoms with Gasteiger partial charge in [-0.3, -0.25) is 0 Å². The first-order valence-corrected chi connectivity index (χ1v) is 12.3. The average molecular weight is 479 g/mol. The van der Waals surface area contributed by atoms with Crippen molar-refractivity contribution in [1.29, 1.82) is 0 Å². The number of carbonyl (C=O) groups excluding carboxylic acids is 1. The number of aryl methyl sites for hydroxylation is 1. The van der Waals surface area contributed by atoms with E-state index in [-0.39, 0.29) is 18.0 Å². The van der Waals surface area contributed by atoms with Gasteiger partial charge in [0.1, 0.15) is 5.60 Å². The molecule has 3 aromatic rings. The minimum atomic E-state index is -0.524. The number of ether oxygens (including phenoxy) is 2. The average Bonchev–Trinajstić information content (AvgIpc) is 2.79. The molecule has 4 heteroatoms. The summed E-state index contributed by atoms with van der Waals surface area (Å²) in [5, 5.41) is 0.704. The molecule has 0 N–H and O–H groups in total. The SMILES string of the molecule is CCC[C@H](c1ccc(C(=O)OC(C)(C)C)cc1)[C@@H](OCc1ccc(C)cc1)c1ccc(Cl)cc1. The lowest BCUT2D eigenvalue weighted by Crippen LogP contribution is -2.24. The van der Waals surface area contributed by atoms with E-state index in [4.69, 9.17) is 21.1 Å². The van der Waals surface area contributed by atoms with Crippen molar-refractivity contribution >= 4 is 17.6 Å². The number of hydrogen-bond acceptors (Lipinski definition) is 3. The van der Waals surface area contributed by atoms with Crippen LogP contribution < -0.4 is 0 Å². The van der Waals surface area contributed by atoms with Crippen LogP contribution >= 0.6 is 11.6 Å². The van der Waals surface area contributed by atoms with Crippen LogP contribution in [0.2, 0.25) is 5.02 Å². The summed E-state index contributed by atoms with van der Waals surface area (Å²) >= 11 is 6.17. The molecule has 0 aliphatic heterocycles. The Morgan fingerprint density at radius 2 is 1.47 bits per heavy atom. The molecule has 0 heterocycles. The van der Waals surface area contributed by atoms with Crippen molar-refractivity contribution in [3.8, 4) is 0 Å². The first-order valence-electron chi connectivity index (χ1n) is 11.9. The summed E-state index contributed by atoms with van der Waals surface area (Å²) in [6.07, 6.45) is 1.81. The van der Waals surface area contributed by atoms with Crippen molar-refractivity contribution in [2.75, 3.05) is 0 Å². The van der Waals surface area contributed by atoms with Gasteiger partial charge in [0.25, 0.3) is 0 Å². The van der Waals surface area contributed by atoms with Crippen molar-refractivity contribution in [1.82, 2.24) is 0 Å². The summed E-state index contributed by atoms with van der Waals surface area (Å²) < 4.78 is 12.1. The first kappa shape index (κ1) is 26.0. The lowest BCUT2D eigenvalue weighted by Gasteiger charge is -2.29. The van der Waals surface area contributed by atoms with Gasteiger partial charge < -0.3 is 9.47 Å². The van der Waals surface area contributed by atoms with Crippen LogP contribution in [-0.2, 0) is 16.1 Å². The summed E-state index contributed by atoms with van der Waals surface area (Å²) in [7, 11) is 0. The number of carbonyl (C=O) groups is 1. The molecule has 0 fully saturated rings. The quantitative estimate of drug-likeness (QED) is 0.289. The predicted octanol–water partition coefficient (Wildman–Crippen LogP) is 8.45. The molecule has 0 aliphatic carbocycles. The number of hydrogen-bond donors (Lipinski definition) is 0. The molecule has 0 spiro atoms. The van der Waals surface area contributed by atoms with Gasteiger partial charge in [-0.2, -0.15) is 0 Å². The Morgan fingerprint density at radius 3 is 2.03 bits per heavy atom. The monoisotopic (exact) mass is 478 g/mol. The zero-order valence-electron chi connectivity index (χ0n) is 20.8. The van der Waals surface area contributed by atoms with E-state index in [1.54, 1.807) is 0 Å². The van der Waals surface area contributed by atoms with Gasteiger partial charge in [0.05, 0.1) is 18.3 Å². The van der Waals surface area contributed by atoms with Crippen molar-refractivity contribution in [2.45, 2.75) is 71.7 Å². The molecule has 0 unspecified atom stereocenters. The molecule has 180 valence electrons. The standard InChI is InChI=1S/C30H35ClO3/c1-6-7-27(23-12-14-25(15-13-23)29(32)34-30(3,4)5)28(24-16-18-26(31)19-17-24)33-20-22-10-8-21(2)9-11-22/h8-19,27-28H,6-7,20H2,1-5H3/t27-,28+/m1/s1. The maximum absolute atomic E-state index is 12.5.